The minimum atomic E-state index is 0.0314. The topological polar surface area (TPSA) is 64.1 Å². The van der Waals surface area contributed by atoms with Gasteiger partial charge in [-0.3, -0.25) is 9.59 Å². The molecule has 1 aromatic carbocycles. The van der Waals surface area contributed by atoms with E-state index in [1.54, 1.807) is 24.3 Å². The van der Waals surface area contributed by atoms with E-state index >= 15 is 0 Å². The van der Waals surface area contributed by atoms with Crippen molar-refractivity contribution >= 4 is 11.8 Å². The van der Waals surface area contributed by atoms with Crippen LogP contribution in [0.4, 0.5) is 0 Å². The summed E-state index contributed by atoms with van der Waals surface area (Å²) in [5.74, 6) is 1.19. The van der Waals surface area contributed by atoms with Crippen LogP contribution in [-0.4, -0.2) is 77.4 Å². The van der Waals surface area contributed by atoms with E-state index in [1.165, 1.54) is 0 Å². The average molecular weight is 371 g/mol. The van der Waals surface area contributed by atoms with E-state index in [2.05, 4.69) is 23.9 Å². The number of phenols is 1. The summed E-state index contributed by atoms with van der Waals surface area (Å²) in [6, 6.07) is 6.96. The standard InChI is InChI=1S/C21H29N3O3/c1-22(2)13-19-16-10-15(18-4-3-5-20(26)24(18)19)11-23(12-16)21(27)14-6-8-17(25)9-7-14/h6-9,15-16,18-19,25H,3-5,10-13H2,1-2H3/t15-,16+,18+,19+/m1/s1. The predicted octanol–water partition coefficient (Wildman–Crippen LogP) is 1.80. The number of piperidine rings is 3. The van der Waals surface area contributed by atoms with Crippen LogP contribution in [0.15, 0.2) is 24.3 Å². The third kappa shape index (κ3) is 3.43. The molecule has 3 aliphatic rings. The lowest BCUT2D eigenvalue weighted by molar-refractivity contribution is -0.152. The highest BCUT2D eigenvalue weighted by Crippen LogP contribution is 2.42. The van der Waals surface area contributed by atoms with E-state index in [0.29, 0.717) is 36.3 Å². The molecule has 2 amide bonds. The Morgan fingerprint density at radius 3 is 2.59 bits per heavy atom. The molecular formula is C21H29N3O3. The lowest BCUT2D eigenvalue weighted by Crippen LogP contribution is -2.67. The van der Waals surface area contributed by atoms with E-state index in [-0.39, 0.29) is 23.7 Å². The van der Waals surface area contributed by atoms with E-state index in [0.717, 1.165) is 32.4 Å². The van der Waals surface area contributed by atoms with Crippen LogP contribution in [0, 0.1) is 11.8 Å². The maximum absolute atomic E-state index is 13.0. The molecule has 3 saturated heterocycles. The molecule has 2 bridgehead atoms. The number of carbonyl (C=O) groups excluding carboxylic acids is 2. The van der Waals surface area contributed by atoms with Crippen molar-refractivity contribution in [2.75, 3.05) is 33.7 Å². The van der Waals surface area contributed by atoms with Crippen molar-refractivity contribution in [3.05, 3.63) is 29.8 Å². The van der Waals surface area contributed by atoms with Crippen LogP contribution in [0.1, 0.15) is 36.0 Å². The number of nitrogens with zero attached hydrogens (tertiary/aromatic N) is 3. The quantitative estimate of drug-likeness (QED) is 0.880. The first kappa shape index (κ1) is 18.3. The van der Waals surface area contributed by atoms with E-state index < -0.39 is 0 Å². The Balaban J connectivity index is 1.59. The summed E-state index contributed by atoms with van der Waals surface area (Å²) < 4.78 is 0. The van der Waals surface area contributed by atoms with Crippen LogP contribution in [0.25, 0.3) is 0 Å². The molecule has 3 aliphatic heterocycles. The predicted molar refractivity (Wildman–Crippen MR) is 102 cm³/mol. The summed E-state index contributed by atoms with van der Waals surface area (Å²) in [5.41, 5.74) is 0.619. The molecule has 0 saturated carbocycles. The molecule has 3 fully saturated rings. The summed E-state index contributed by atoms with van der Waals surface area (Å²) >= 11 is 0. The molecule has 146 valence electrons. The zero-order valence-corrected chi connectivity index (χ0v) is 16.2. The number of phenolic OH excluding ortho intramolecular Hbond substituents is 1. The number of carbonyl (C=O) groups is 2. The normalized spacial score (nSPS) is 30.4. The highest BCUT2D eigenvalue weighted by Gasteiger charge is 2.50. The van der Waals surface area contributed by atoms with Crippen LogP contribution in [0.5, 0.6) is 5.75 Å². The van der Waals surface area contributed by atoms with Crippen LogP contribution >= 0.6 is 0 Å². The van der Waals surface area contributed by atoms with Gasteiger partial charge in [-0.05, 0) is 69.5 Å². The fraction of sp³-hybridized carbons (Fsp3) is 0.619. The minimum Gasteiger partial charge on any atom is -0.508 e. The molecular weight excluding hydrogens is 342 g/mol. The van der Waals surface area contributed by atoms with Crippen molar-refractivity contribution in [3.8, 4) is 5.75 Å². The Morgan fingerprint density at radius 1 is 1.19 bits per heavy atom. The van der Waals surface area contributed by atoms with Crippen molar-refractivity contribution in [2.45, 2.75) is 37.8 Å². The molecule has 6 nitrogen and oxygen atoms in total. The zero-order valence-electron chi connectivity index (χ0n) is 16.2. The lowest BCUT2D eigenvalue weighted by atomic mass is 9.72. The second kappa shape index (κ2) is 7.15. The second-order valence-corrected chi connectivity index (χ2v) is 8.60. The Morgan fingerprint density at radius 2 is 1.89 bits per heavy atom. The molecule has 27 heavy (non-hydrogen) atoms. The van der Waals surface area contributed by atoms with Gasteiger partial charge >= 0.3 is 0 Å². The Bertz CT molecular complexity index is 718. The van der Waals surface area contributed by atoms with Gasteiger partial charge in [0.1, 0.15) is 5.75 Å². The van der Waals surface area contributed by atoms with Gasteiger partial charge in [0.05, 0.1) is 0 Å². The smallest absolute Gasteiger partial charge is 0.253 e. The number of amides is 2. The van der Waals surface area contributed by atoms with Crippen molar-refractivity contribution in [1.82, 2.24) is 14.7 Å². The molecule has 0 aromatic heterocycles. The van der Waals surface area contributed by atoms with Gasteiger partial charge in [0.15, 0.2) is 0 Å². The molecule has 1 N–H and O–H groups in total. The molecule has 0 spiro atoms. The lowest BCUT2D eigenvalue weighted by Gasteiger charge is -2.57. The third-order valence-corrected chi connectivity index (χ3v) is 6.45. The van der Waals surface area contributed by atoms with Gasteiger partial charge in [-0.25, -0.2) is 0 Å². The van der Waals surface area contributed by atoms with Crippen molar-refractivity contribution in [1.29, 1.82) is 0 Å². The van der Waals surface area contributed by atoms with E-state index in [1.807, 2.05) is 4.90 Å². The first-order valence-electron chi connectivity index (χ1n) is 9.98. The van der Waals surface area contributed by atoms with Crippen molar-refractivity contribution in [2.24, 2.45) is 11.8 Å². The molecule has 0 radical (unpaired) electrons. The van der Waals surface area contributed by atoms with Gasteiger partial charge in [0.2, 0.25) is 5.91 Å². The summed E-state index contributed by atoms with van der Waals surface area (Å²) in [6.45, 7) is 2.27. The number of rotatable bonds is 3. The zero-order chi connectivity index (χ0) is 19.1. The maximum atomic E-state index is 13.0. The van der Waals surface area contributed by atoms with Crippen molar-refractivity contribution in [3.63, 3.8) is 0 Å². The highest BCUT2D eigenvalue weighted by molar-refractivity contribution is 5.94. The van der Waals surface area contributed by atoms with Gasteiger partial charge in [0, 0.05) is 43.7 Å². The number of hydrogen-bond acceptors (Lipinski definition) is 4. The molecule has 3 heterocycles. The molecule has 0 aliphatic carbocycles. The van der Waals surface area contributed by atoms with Gasteiger partial charge in [-0.1, -0.05) is 0 Å². The van der Waals surface area contributed by atoms with Gasteiger partial charge in [-0.15, -0.1) is 0 Å². The third-order valence-electron chi connectivity index (χ3n) is 6.45. The molecule has 0 unspecified atom stereocenters. The van der Waals surface area contributed by atoms with Crippen LogP contribution in [-0.2, 0) is 4.79 Å². The average Bonchev–Trinajstić information content (AvgIpc) is 2.65. The molecule has 4 rings (SSSR count). The Kier molecular flexibility index (Phi) is 4.84. The molecule has 1 aromatic rings. The minimum absolute atomic E-state index is 0.0314. The number of hydrogen-bond donors (Lipinski definition) is 1. The number of likely N-dealkylation sites (tertiary alicyclic amines) is 1. The second-order valence-electron chi connectivity index (χ2n) is 8.60. The number of likely N-dealkylation sites (N-methyl/N-ethyl adjacent to an activating group) is 1. The highest BCUT2D eigenvalue weighted by atomic mass is 16.3. The van der Waals surface area contributed by atoms with Crippen molar-refractivity contribution < 1.29 is 14.7 Å². The maximum Gasteiger partial charge on any atom is 0.253 e. The summed E-state index contributed by atoms with van der Waals surface area (Å²) in [7, 11) is 4.11. The Labute approximate surface area is 160 Å². The van der Waals surface area contributed by atoms with Crippen LogP contribution < -0.4 is 0 Å². The summed E-state index contributed by atoms with van der Waals surface area (Å²) in [4.78, 5) is 32.1. The SMILES string of the molecule is CN(C)C[C@H]1[C@H]2C[C@H](CN(C(=O)c3ccc(O)cc3)C2)[C@@H]2CCCC(=O)N21. The summed E-state index contributed by atoms with van der Waals surface area (Å²) in [6.07, 6.45) is 3.78. The number of aromatic hydroxyl groups is 1. The monoisotopic (exact) mass is 371 g/mol. The largest absolute Gasteiger partial charge is 0.508 e. The van der Waals surface area contributed by atoms with Gasteiger partial charge in [-0.2, -0.15) is 0 Å². The molecule has 4 atom stereocenters. The van der Waals surface area contributed by atoms with Gasteiger partial charge in [0.25, 0.3) is 5.91 Å². The summed E-state index contributed by atoms with van der Waals surface area (Å²) in [5, 5.41) is 9.49. The van der Waals surface area contributed by atoms with E-state index in [4.69, 9.17) is 0 Å². The molecule has 6 heteroatoms. The van der Waals surface area contributed by atoms with Crippen LogP contribution in [0.2, 0.25) is 0 Å². The van der Waals surface area contributed by atoms with Crippen LogP contribution in [0.3, 0.4) is 0 Å². The first-order valence-corrected chi connectivity index (χ1v) is 9.98. The van der Waals surface area contributed by atoms with Gasteiger partial charge < -0.3 is 19.8 Å². The van der Waals surface area contributed by atoms with E-state index in [9.17, 15) is 14.7 Å². The number of benzene rings is 1. The first-order chi connectivity index (χ1) is 12.9. The Hall–Kier alpha value is -2.08. The fourth-order valence-corrected chi connectivity index (χ4v) is 5.34. The fourth-order valence-electron chi connectivity index (χ4n) is 5.34. The number of fused-ring (bicyclic) bond motifs is 4.